The van der Waals surface area contributed by atoms with E-state index < -0.39 is 16.1 Å². The largest absolute Gasteiger partial charge is 0.497 e. The second-order valence-electron chi connectivity index (χ2n) is 10.2. The molecule has 2 saturated heterocycles. The second-order valence-corrected chi connectivity index (χ2v) is 12.1. The van der Waals surface area contributed by atoms with Gasteiger partial charge in [-0.15, -0.1) is 0 Å². The number of amides is 2. The average Bonchev–Trinajstić information content (AvgIpc) is 3.69. The first-order chi connectivity index (χ1) is 18.8. The molecule has 0 spiro atoms. The van der Waals surface area contributed by atoms with Crippen molar-refractivity contribution in [1.82, 2.24) is 14.5 Å². The summed E-state index contributed by atoms with van der Waals surface area (Å²) in [6.45, 7) is 4.28. The number of nitrogens with zero attached hydrogens (tertiary/aromatic N) is 2. The number of hydrogen-bond donors (Lipinski definition) is 1. The van der Waals surface area contributed by atoms with Crippen molar-refractivity contribution in [3.63, 3.8) is 0 Å². The predicted molar refractivity (Wildman–Crippen MR) is 148 cm³/mol. The van der Waals surface area contributed by atoms with E-state index >= 15 is 0 Å². The van der Waals surface area contributed by atoms with Gasteiger partial charge in [0.1, 0.15) is 11.8 Å². The van der Waals surface area contributed by atoms with Crippen LogP contribution in [-0.2, 0) is 37.3 Å². The summed E-state index contributed by atoms with van der Waals surface area (Å²) in [5, 5.41) is 2.94. The molecule has 10 heteroatoms. The van der Waals surface area contributed by atoms with Gasteiger partial charge in [-0.1, -0.05) is 24.3 Å². The Morgan fingerprint density at radius 1 is 1.05 bits per heavy atom. The number of rotatable bonds is 12. The lowest BCUT2D eigenvalue weighted by molar-refractivity contribution is -0.140. The van der Waals surface area contributed by atoms with E-state index in [0.29, 0.717) is 38.4 Å². The van der Waals surface area contributed by atoms with E-state index in [-0.39, 0.29) is 35.8 Å². The summed E-state index contributed by atoms with van der Waals surface area (Å²) in [5.41, 5.74) is 1.75. The van der Waals surface area contributed by atoms with Gasteiger partial charge in [0.25, 0.3) is 0 Å². The van der Waals surface area contributed by atoms with Crippen LogP contribution in [-0.4, -0.2) is 74.9 Å². The minimum absolute atomic E-state index is 0.0177. The van der Waals surface area contributed by atoms with E-state index in [4.69, 9.17) is 9.47 Å². The van der Waals surface area contributed by atoms with E-state index in [0.717, 1.165) is 36.8 Å². The molecule has 2 atom stereocenters. The van der Waals surface area contributed by atoms with Gasteiger partial charge in [-0.05, 0) is 74.4 Å². The van der Waals surface area contributed by atoms with Gasteiger partial charge in [0.15, 0.2) is 0 Å². The minimum Gasteiger partial charge on any atom is -0.497 e. The van der Waals surface area contributed by atoms with Crippen LogP contribution in [0.4, 0.5) is 0 Å². The summed E-state index contributed by atoms with van der Waals surface area (Å²) in [6, 6.07) is 13.5. The van der Waals surface area contributed by atoms with Crippen LogP contribution in [0.3, 0.4) is 0 Å². The maximum Gasteiger partial charge on any atom is 0.243 e. The van der Waals surface area contributed by atoms with Crippen LogP contribution >= 0.6 is 0 Å². The molecule has 2 aromatic carbocycles. The number of ether oxygens (including phenoxy) is 2. The molecule has 0 aliphatic carbocycles. The molecular weight excluding hydrogens is 518 g/mol. The summed E-state index contributed by atoms with van der Waals surface area (Å²) in [7, 11) is -1.88. The highest BCUT2D eigenvalue weighted by molar-refractivity contribution is 7.89. The zero-order chi connectivity index (χ0) is 27.8. The Kier molecular flexibility index (Phi) is 9.99. The highest BCUT2D eigenvalue weighted by Crippen LogP contribution is 2.22. The van der Waals surface area contributed by atoms with Crippen LogP contribution in [0.5, 0.6) is 5.75 Å². The van der Waals surface area contributed by atoms with E-state index in [1.165, 1.54) is 4.31 Å². The number of methoxy groups -OCH3 is 1. The Bertz CT molecular complexity index is 1200. The Balaban J connectivity index is 1.41. The number of nitrogens with one attached hydrogen (secondary N) is 1. The summed E-state index contributed by atoms with van der Waals surface area (Å²) in [4.78, 5) is 28.3. The quantitative estimate of drug-likeness (QED) is 0.430. The number of carbonyl (C=O) groups excluding carboxylic acids is 2. The van der Waals surface area contributed by atoms with E-state index in [9.17, 15) is 18.0 Å². The molecule has 1 N–H and O–H groups in total. The van der Waals surface area contributed by atoms with Crippen LogP contribution in [0.25, 0.3) is 0 Å². The molecule has 0 radical (unpaired) electrons. The third-order valence-electron chi connectivity index (χ3n) is 7.46. The SMILES string of the molecule is COc1ccc(CN(C(=O)CCc2ccc(S(=O)(=O)N3CCCC3)cc2)[C@@H](C)C(=O)NC[C@H]2CCCO2)cc1. The number of carbonyl (C=O) groups is 2. The number of hydrogen-bond acceptors (Lipinski definition) is 6. The van der Waals surface area contributed by atoms with Gasteiger partial charge in [0, 0.05) is 39.2 Å². The van der Waals surface area contributed by atoms with E-state index in [2.05, 4.69) is 5.32 Å². The smallest absolute Gasteiger partial charge is 0.243 e. The minimum atomic E-state index is -3.48. The van der Waals surface area contributed by atoms with Crippen molar-refractivity contribution >= 4 is 21.8 Å². The Morgan fingerprint density at radius 3 is 2.33 bits per heavy atom. The summed E-state index contributed by atoms with van der Waals surface area (Å²) < 4.78 is 38.0. The molecule has 2 aliphatic heterocycles. The number of benzene rings is 2. The van der Waals surface area contributed by atoms with Crippen molar-refractivity contribution in [2.75, 3.05) is 33.4 Å². The first-order valence-corrected chi connectivity index (χ1v) is 15.1. The Hall–Kier alpha value is -2.95. The fourth-order valence-electron chi connectivity index (χ4n) is 4.98. The van der Waals surface area contributed by atoms with Gasteiger partial charge in [0.2, 0.25) is 21.8 Å². The van der Waals surface area contributed by atoms with Gasteiger partial charge < -0.3 is 19.7 Å². The van der Waals surface area contributed by atoms with Crippen molar-refractivity contribution in [2.24, 2.45) is 0 Å². The van der Waals surface area contributed by atoms with Gasteiger partial charge in [-0.2, -0.15) is 4.31 Å². The normalized spacial score (nSPS) is 18.6. The molecule has 0 unspecified atom stereocenters. The molecule has 212 valence electrons. The number of aryl methyl sites for hydroxylation is 1. The molecule has 2 aliphatic rings. The zero-order valence-corrected chi connectivity index (χ0v) is 23.6. The standard InChI is InChI=1S/C29H39N3O6S/c1-22(29(34)30-20-26-6-5-19-38-26)32(21-24-7-12-25(37-2)13-8-24)28(33)16-11-23-9-14-27(15-10-23)39(35,36)31-17-3-4-18-31/h7-10,12-15,22,26H,3-6,11,16-21H2,1-2H3,(H,30,34)/t22-,26+/m0/s1. The predicted octanol–water partition coefficient (Wildman–Crippen LogP) is 3.12. The van der Waals surface area contributed by atoms with Crippen molar-refractivity contribution < 1.29 is 27.5 Å². The third-order valence-corrected chi connectivity index (χ3v) is 9.37. The van der Waals surface area contributed by atoms with Crippen molar-refractivity contribution in [3.05, 3.63) is 59.7 Å². The highest BCUT2D eigenvalue weighted by atomic mass is 32.2. The first-order valence-electron chi connectivity index (χ1n) is 13.7. The van der Waals surface area contributed by atoms with Gasteiger partial charge in [-0.3, -0.25) is 9.59 Å². The van der Waals surface area contributed by atoms with E-state index in [1.54, 1.807) is 43.2 Å². The Morgan fingerprint density at radius 2 is 1.72 bits per heavy atom. The molecule has 39 heavy (non-hydrogen) atoms. The van der Waals surface area contributed by atoms with Crippen LogP contribution < -0.4 is 10.1 Å². The lowest BCUT2D eigenvalue weighted by Crippen LogP contribution is -2.49. The molecule has 2 heterocycles. The highest BCUT2D eigenvalue weighted by Gasteiger charge is 2.28. The van der Waals surface area contributed by atoms with Crippen LogP contribution in [0.15, 0.2) is 53.4 Å². The van der Waals surface area contributed by atoms with Gasteiger partial charge in [0.05, 0.1) is 18.1 Å². The first kappa shape index (κ1) is 29.0. The van der Waals surface area contributed by atoms with Crippen LogP contribution in [0.2, 0.25) is 0 Å². The zero-order valence-electron chi connectivity index (χ0n) is 22.8. The molecule has 0 bridgehead atoms. The molecule has 2 fully saturated rings. The lowest BCUT2D eigenvalue weighted by atomic mass is 10.1. The fourth-order valence-corrected chi connectivity index (χ4v) is 6.50. The van der Waals surface area contributed by atoms with E-state index in [1.807, 2.05) is 24.3 Å². The maximum absolute atomic E-state index is 13.4. The van der Waals surface area contributed by atoms with Gasteiger partial charge >= 0.3 is 0 Å². The van der Waals surface area contributed by atoms with Crippen molar-refractivity contribution in [1.29, 1.82) is 0 Å². The average molecular weight is 558 g/mol. The molecule has 0 saturated carbocycles. The molecule has 0 aromatic heterocycles. The molecular formula is C29H39N3O6S. The monoisotopic (exact) mass is 557 g/mol. The van der Waals surface area contributed by atoms with Crippen LogP contribution in [0, 0.1) is 0 Å². The Labute approximate surface area is 231 Å². The lowest BCUT2D eigenvalue weighted by Gasteiger charge is -2.29. The summed E-state index contributed by atoms with van der Waals surface area (Å²) in [5.74, 6) is 0.345. The fraction of sp³-hybridized carbons (Fsp3) is 0.517. The second kappa shape index (κ2) is 13.4. The molecule has 2 amide bonds. The number of sulfonamides is 1. The van der Waals surface area contributed by atoms with Crippen LogP contribution in [0.1, 0.15) is 50.2 Å². The third kappa shape index (κ3) is 7.58. The van der Waals surface area contributed by atoms with Crippen molar-refractivity contribution in [3.8, 4) is 5.75 Å². The summed E-state index contributed by atoms with van der Waals surface area (Å²) in [6.07, 6.45) is 4.33. The summed E-state index contributed by atoms with van der Waals surface area (Å²) >= 11 is 0. The molecule has 4 rings (SSSR count). The van der Waals surface area contributed by atoms with Gasteiger partial charge in [-0.25, -0.2) is 8.42 Å². The molecule has 2 aromatic rings. The maximum atomic E-state index is 13.4. The topological polar surface area (TPSA) is 105 Å². The van der Waals surface area contributed by atoms with Crippen molar-refractivity contribution in [2.45, 2.75) is 69.0 Å². The molecule has 9 nitrogen and oxygen atoms in total.